The largest absolute Gasteiger partial charge is 0.336 e. The van der Waals surface area contributed by atoms with Crippen molar-refractivity contribution in [2.45, 2.75) is 18.6 Å². The van der Waals surface area contributed by atoms with Crippen molar-refractivity contribution in [1.29, 1.82) is 0 Å². The van der Waals surface area contributed by atoms with E-state index in [1.54, 1.807) is 18.0 Å². The first kappa shape index (κ1) is 11.3. The third kappa shape index (κ3) is 2.13. The van der Waals surface area contributed by atoms with E-state index in [1.807, 2.05) is 11.8 Å². The molecule has 0 aliphatic carbocycles. The maximum absolute atomic E-state index is 12.2. The van der Waals surface area contributed by atoms with E-state index in [1.165, 1.54) is 11.3 Å². The maximum Gasteiger partial charge on any atom is 0.282 e. The van der Waals surface area contributed by atoms with Crippen LogP contribution in [0.3, 0.4) is 0 Å². The number of thiazole rings is 1. The second-order valence-corrected chi connectivity index (χ2v) is 6.73. The van der Waals surface area contributed by atoms with Crippen molar-refractivity contribution >= 4 is 29.0 Å². The van der Waals surface area contributed by atoms with Crippen LogP contribution >= 0.6 is 23.1 Å². The topological polar surface area (TPSA) is 33.2 Å². The van der Waals surface area contributed by atoms with Crippen molar-refractivity contribution in [3.63, 3.8) is 0 Å². The number of thioether (sulfide) groups is 1. The van der Waals surface area contributed by atoms with Crippen LogP contribution in [0.5, 0.6) is 0 Å². The van der Waals surface area contributed by atoms with Gasteiger partial charge in [-0.2, -0.15) is 0 Å². The Morgan fingerprint density at radius 2 is 2.53 bits per heavy atom. The number of piperidine rings is 1. The summed E-state index contributed by atoms with van der Waals surface area (Å²) in [6, 6.07) is 0. The highest BCUT2D eigenvalue weighted by atomic mass is 32.2. The second-order valence-electron chi connectivity index (χ2n) is 4.42. The zero-order valence-electron chi connectivity index (χ0n) is 9.55. The molecule has 2 aliphatic heterocycles. The van der Waals surface area contributed by atoms with Gasteiger partial charge in [0.2, 0.25) is 0 Å². The summed E-state index contributed by atoms with van der Waals surface area (Å²) in [5.74, 6) is 0.575. The third-order valence-corrected chi connectivity index (χ3v) is 5.25. The highest BCUT2D eigenvalue weighted by Crippen LogP contribution is 2.35. The van der Waals surface area contributed by atoms with E-state index >= 15 is 0 Å². The predicted octanol–water partition coefficient (Wildman–Crippen LogP) is 2.35. The summed E-state index contributed by atoms with van der Waals surface area (Å²) in [6.07, 6.45) is 4.94. The number of fused-ring (bicyclic) bond motifs is 1. The number of carbonyl (C=O) groups excluding carboxylic acids is 1. The number of aromatic nitrogens is 1. The molecule has 0 bridgehead atoms. The molecule has 0 aromatic carbocycles. The first-order valence-corrected chi connectivity index (χ1v) is 7.40. The van der Waals surface area contributed by atoms with Gasteiger partial charge in [-0.25, -0.2) is 4.98 Å². The molecule has 1 saturated heterocycles. The number of rotatable bonds is 1. The standard InChI is InChI=1S/C12H13N2OS2/c1-8-6-13-11(17-8)12(15)14-4-2-10-9(7-14)3-5-16-10/h3,6,9-10H,2,4,7H2,1H3. The molecule has 0 spiro atoms. The number of aryl methyl sites for hydroxylation is 1. The summed E-state index contributed by atoms with van der Waals surface area (Å²) in [5.41, 5.74) is 0. The average molecular weight is 265 g/mol. The zero-order valence-corrected chi connectivity index (χ0v) is 11.2. The smallest absolute Gasteiger partial charge is 0.282 e. The molecule has 1 aromatic rings. The van der Waals surface area contributed by atoms with E-state index in [4.69, 9.17) is 0 Å². The quantitative estimate of drug-likeness (QED) is 0.781. The minimum atomic E-state index is 0.0897. The number of likely N-dealkylation sites (tertiary alicyclic amines) is 1. The van der Waals surface area contributed by atoms with Gasteiger partial charge in [-0.3, -0.25) is 4.79 Å². The summed E-state index contributed by atoms with van der Waals surface area (Å²) in [7, 11) is 0. The number of hydrogen-bond donors (Lipinski definition) is 0. The Kier molecular flexibility index (Phi) is 2.96. The Balaban J connectivity index is 1.72. The molecule has 89 valence electrons. The van der Waals surface area contributed by atoms with E-state index in [0.717, 1.165) is 24.4 Å². The first-order chi connectivity index (χ1) is 8.24. The number of hydrogen-bond acceptors (Lipinski definition) is 4. The van der Waals surface area contributed by atoms with Gasteiger partial charge in [0.15, 0.2) is 5.01 Å². The van der Waals surface area contributed by atoms with Gasteiger partial charge in [-0.15, -0.1) is 23.1 Å². The Bertz CT molecular complexity index is 469. The fourth-order valence-corrected chi connectivity index (χ4v) is 3.98. The van der Waals surface area contributed by atoms with Crippen molar-refractivity contribution in [1.82, 2.24) is 9.88 Å². The fourth-order valence-electron chi connectivity index (χ4n) is 2.25. The summed E-state index contributed by atoms with van der Waals surface area (Å²) in [4.78, 5) is 19.4. The molecule has 1 radical (unpaired) electrons. The van der Waals surface area contributed by atoms with Gasteiger partial charge < -0.3 is 4.90 Å². The van der Waals surface area contributed by atoms with Gasteiger partial charge in [-0.1, -0.05) is 6.08 Å². The fraction of sp³-hybridized carbons (Fsp3) is 0.500. The Morgan fingerprint density at radius 1 is 1.65 bits per heavy atom. The van der Waals surface area contributed by atoms with Crippen LogP contribution < -0.4 is 0 Å². The van der Waals surface area contributed by atoms with E-state index in [9.17, 15) is 4.79 Å². The monoisotopic (exact) mass is 265 g/mol. The molecule has 2 unspecified atom stereocenters. The lowest BCUT2D eigenvalue weighted by Crippen LogP contribution is -2.43. The molecule has 3 rings (SSSR count). The number of amides is 1. The maximum atomic E-state index is 12.2. The van der Waals surface area contributed by atoms with Gasteiger partial charge in [0.25, 0.3) is 5.91 Å². The Labute approximate surface area is 109 Å². The van der Waals surface area contributed by atoms with Crippen LogP contribution in [0.15, 0.2) is 12.3 Å². The van der Waals surface area contributed by atoms with Crippen LogP contribution in [0.1, 0.15) is 21.1 Å². The molecule has 5 heteroatoms. The molecule has 2 atom stereocenters. The molecule has 3 heterocycles. The zero-order chi connectivity index (χ0) is 11.8. The molecule has 1 fully saturated rings. The van der Waals surface area contributed by atoms with Crippen molar-refractivity contribution in [3.05, 3.63) is 27.6 Å². The van der Waals surface area contributed by atoms with E-state index in [2.05, 4.69) is 16.5 Å². The normalized spacial score (nSPS) is 27.2. The van der Waals surface area contributed by atoms with Crippen molar-refractivity contribution < 1.29 is 4.79 Å². The van der Waals surface area contributed by atoms with Gasteiger partial charge in [0.05, 0.1) is 0 Å². The van der Waals surface area contributed by atoms with Gasteiger partial charge in [0.1, 0.15) is 0 Å². The Hall–Kier alpha value is -0.810. The summed E-state index contributed by atoms with van der Waals surface area (Å²) >= 11 is 3.26. The van der Waals surface area contributed by atoms with Crippen LogP contribution in [-0.4, -0.2) is 34.1 Å². The summed E-state index contributed by atoms with van der Waals surface area (Å²) in [6.45, 7) is 3.65. The lowest BCUT2D eigenvalue weighted by molar-refractivity contribution is 0.0701. The van der Waals surface area contributed by atoms with Gasteiger partial charge in [-0.05, 0) is 13.3 Å². The molecule has 17 heavy (non-hydrogen) atoms. The molecule has 2 aliphatic rings. The summed E-state index contributed by atoms with van der Waals surface area (Å²) < 4.78 is 0. The number of carbonyl (C=O) groups is 1. The first-order valence-electron chi connectivity index (χ1n) is 5.70. The van der Waals surface area contributed by atoms with Crippen LogP contribution in [0.25, 0.3) is 0 Å². The van der Waals surface area contributed by atoms with E-state index < -0.39 is 0 Å². The summed E-state index contributed by atoms with van der Waals surface area (Å²) in [5, 5.41) is 4.47. The van der Waals surface area contributed by atoms with E-state index in [0.29, 0.717) is 16.2 Å². The predicted molar refractivity (Wildman–Crippen MR) is 70.1 cm³/mol. The second kappa shape index (κ2) is 4.46. The average Bonchev–Trinajstić information content (AvgIpc) is 2.95. The molecule has 1 amide bonds. The van der Waals surface area contributed by atoms with Crippen molar-refractivity contribution in [2.24, 2.45) is 5.92 Å². The molecular weight excluding hydrogens is 252 g/mol. The van der Waals surface area contributed by atoms with Crippen molar-refractivity contribution in [3.8, 4) is 0 Å². The lowest BCUT2D eigenvalue weighted by atomic mass is 9.98. The molecule has 1 aromatic heterocycles. The Morgan fingerprint density at radius 3 is 3.29 bits per heavy atom. The van der Waals surface area contributed by atoms with Crippen LogP contribution in [0, 0.1) is 18.2 Å². The highest BCUT2D eigenvalue weighted by Gasteiger charge is 2.33. The molecule has 0 saturated carbocycles. The van der Waals surface area contributed by atoms with Crippen LogP contribution in [0.2, 0.25) is 0 Å². The SMILES string of the molecule is Cc1cnc(C(=O)N2CCC3S[C]=CC3C2)s1. The highest BCUT2D eigenvalue weighted by molar-refractivity contribution is 8.01. The third-order valence-electron chi connectivity index (χ3n) is 3.19. The van der Waals surface area contributed by atoms with Crippen molar-refractivity contribution in [2.75, 3.05) is 13.1 Å². The van der Waals surface area contributed by atoms with Gasteiger partial charge >= 0.3 is 0 Å². The minimum absolute atomic E-state index is 0.0897. The van der Waals surface area contributed by atoms with Gasteiger partial charge in [0, 0.05) is 40.7 Å². The minimum Gasteiger partial charge on any atom is -0.336 e. The van der Waals surface area contributed by atoms with Crippen LogP contribution in [0.4, 0.5) is 0 Å². The molecular formula is C12H13N2OS2. The molecule has 3 nitrogen and oxygen atoms in total. The molecule has 0 N–H and O–H groups in total. The van der Waals surface area contributed by atoms with E-state index in [-0.39, 0.29) is 5.91 Å². The lowest BCUT2D eigenvalue weighted by Gasteiger charge is -2.33. The van der Waals surface area contributed by atoms with Crippen LogP contribution in [-0.2, 0) is 0 Å². The number of nitrogens with zero attached hydrogens (tertiary/aromatic N) is 2.